The molecular weight excluding hydrogens is 263 g/mol. The summed E-state index contributed by atoms with van der Waals surface area (Å²) in [7, 11) is 0. The molecule has 1 heterocycles. The van der Waals surface area contributed by atoms with Crippen molar-refractivity contribution in [3.63, 3.8) is 0 Å². The van der Waals surface area contributed by atoms with Gasteiger partial charge in [0.15, 0.2) is 0 Å². The van der Waals surface area contributed by atoms with Crippen molar-refractivity contribution in [3.8, 4) is 0 Å². The minimum absolute atomic E-state index is 0.187. The van der Waals surface area contributed by atoms with E-state index in [9.17, 15) is 13.2 Å². The van der Waals surface area contributed by atoms with Crippen LogP contribution in [-0.4, -0.2) is 15.4 Å². The Morgan fingerprint density at radius 2 is 2.00 bits per heavy atom. The Balaban J connectivity index is 2.70. The zero-order chi connectivity index (χ0) is 10.3. The summed E-state index contributed by atoms with van der Waals surface area (Å²) in [6.07, 6.45) is -4.37. The average Bonchev–Trinajstić information content (AvgIpc) is 2.50. The molecule has 3 nitrogen and oxygen atoms in total. The van der Waals surface area contributed by atoms with Gasteiger partial charge in [-0.3, -0.25) is 5.10 Å². The first-order valence-electron chi connectivity index (χ1n) is 3.56. The first-order valence-corrected chi connectivity index (χ1v) is 4.35. The monoisotopic (exact) mass is 265 g/mol. The molecule has 0 saturated heterocycles. The summed E-state index contributed by atoms with van der Waals surface area (Å²) in [5.74, 6) is 0. The van der Waals surface area contributed by atoms with Crippen LogP contribution in [0.25, 0.3) is 11.0 Å². The molecule has 1 N–H and O–H groups in total. The molecule has 0 atom stereocenters. The highest BCUT2D eigenvalue weighted by atomic mass is 79.9. The minimum atomic E-state index is -4.37. The Kier molecular flexibility index (Phi) is 1.99. The van der Waals surface area contributed by atoms with E-state index in [-0.39, 0.29) is 5.52 Å². The Labute approximate surface area is 84.4 Å². The van der Waals surface area contributed by atoms with E-state index in [1.54, 1.807) is 0 Å². The predicted octanol–water partition coefficient (Wildman–Crippen LogP) is 2.74. The first kappa shape index (κ1) is 9.45. The fourth-order valence-corrected chi connectivity index (χ4v) is 1.61. The second kappa shape index (κ2) is 2.94. The van der Waals surface area contributed by atoms with Crippen molar-refractivity contribution in [2.75, 3.05) is 0 Å². The lowest BCUT2D eigenvalue weighted by Crippen LogP contribution is -2.04. The number of H-pyrrole nitrogens is 1. The molecule has 7 heteroatoms. The van der Waals surface area contributed by atoms with Crippen LogP contribution in [0.4, 0.5) is 13.2 Å². The molecule has 0 amide bonds. The van der Waals surface area contributed by atoms with Crippen LogP contribution in [-0.2, 0) is 6.18 Å². The van der Waals surface area contributed by atoms with Gasteiger partial charge < -0.3 is 0 Å². The quantitative estimate of drug-likeness (QED) is 0.796. The molecule has 0 bridgehead atoms. The summed E-state index contributed by atoms with van der Waals surface area (Å²) >= 11 is 3.01. The van der Waals surface area contributed by atoms with Crippen LogP contribution in [0.1, 0.15) is 5.56 Å². The van der Waals surface area contributed by atoms with E-state index < -0.39 is 11.7 Å². The lowest BCUT2D eigenvalue weighted by atomic mass is 10.2. The lowest BCUT2D eigenvalue weighted by Gasteiger charge is -2.06. The van der Waals surface area contributed by atoms with Crippen LogP contribution in [0.2, 0.25) is 0 Å². The molecular formula is C7H3BrF3N3. The van der Waals surface area contributed by atoms with Crippen molar-refractivity contribution < 1.29 is 13.2 Å². The van der Waals surface area contributed by atoms with Gasteiger partial charge >= 0.3 is 6.18 Å². The van der Waals surface area contributed by atoms with Gasteiger partial charge in [0.1, 0.15) is 5.52 Å². The van der Waals surface area contributed by atoms with Crippen LogP contribution in [0.3, 0.4) is 0 Å². The molecule has 2 rings (SSSR count). The average molecular weight is 266 g/mol. The zero-order valence-corrected chi connectivity index (χ0v) is 8.15. The van der Waals surface area contributed by atoms with Gasteiger partial charge in [-0.25, -0.2) is 0 Å². The summed E-state index contributed by atoms with van der Waals surface area (Å²) in [5, 5.41) is 9.42. The number of aromatic amines is 1. The Morgan fingerprint density at radius 3 is 2.64 bits per heavy atom. The SMILES string of the molecule is FC(F)(F)c1cc(Br)c2[nH]nnc2c1. The van der Waals surface area contributed by atoms with Crippen molar-refractivity contribution in [2.45, 2.75) is 6.18 Å². The fraction of sp³-hybridized carbons (Fsp3) is 0.143. The van der Waals surface area contributed by atoms with E-state index in [0.29, 0.717) is 9.99 Å². The van der Waals surface area contributed by atoms with Crippen LogP contribution in [0.5, 0.6) is 0 Å². The number of hydrogen-bond acceptors (Lipinski definition) is 2. The third-order valence-electron chi connectivity index (χ3n) is 1.72. The Morgan fingerprint density at radius 1 is 1.29 bits per heavy atom. The van der Waals surface area contributed by atoms with Crippen LogP contribution >= 0.6 is 15.9 Å². The standard InChI is InChI=1S/C7H3BrF3N3/c8-4-1-3(7(9,10)11)2-5-6(4)13-14-12-5/h1-2H,(H,12,13,14). The largest absolute Gasteiger partial charge is 0.416 e. The predicted molar refractivity (Wildman–Crippen MR) is 46.6 cm³/mol. The Hall–Kier alpha value is -1.11. The Bertz CT molecular complexity index is 476. The van der Waals surface area contributed by atoms with Gasteiger partial charge in [0.05, 0.1) is 11.1 Å². The van der Waals surface area contributed by atoms with E-state index >= 15 is 0 Å². The maximum Gasteiger partial charge on any atom is 0.416 e. The maximum absolute atomic E-state index is 12.3. The van der Waals surface area contributed by atoms with Crippen molar-refractivity contribution in [1.29, 1.82) is 0 Å². The number of hydrogen-bond donors (Lipinski definition) is 1. The van der Waals surface area contributed by atoms with Gasteiger partial charge in [0.2, 0.25) is 0 Å². The van der Waals surface area contributed by atoms with Gasteiger partial charge in [-0.15, -0.1) is 5.10 Å². The topological polar surface area (TPSA) is 41.6 Å². The number of benzene rings is 1. The number of nitrogens with one attached hydrogen (secondary N) is 1. The second-order valence-electron chi connectivity index (χ2n) is 2.66. The van der Waals surface area contributed by atoms with Crippen LogP contribution in [0.15, 0.2) is 16.6 Å². The van der Waals surface area contributed by atoms with Gasteiger partial charge in [0, 0.05) is 4.47 Å². The molecule has 0 aliphatic rings. The third kappa shape index (κ3) is 1.47. The summed E-state index contributed by atoms with van der Waals surface area (Å²) in [5.41, 5.74) is -0.101. The normalized spacial score (nSPS) is 12.3. The number of nitrogens with zero attached hydrogens (tertiary/aromatic N) is 2. The highest BCUT2D eigenvalue weighted by Gasteiger charge is 2.31. The molecule has 0 aliphatic carbocycles. The first-order chi connectivity index (χ1) is 6.48. The van der Waals surface area contributed by atoms with E-state index in [1.807, 2.05) is 0 Å². The van der Waals surface area contributed by atoms with Crippen molar-refractivity contribution >= 4 is 27.0 Å². The molecule has 2 aromatic rings. The van der Waals surface area contributed by atoms with E-state index in [1.165, 1.54) is 0 Å². The molecule has 0 saturated carbocycles. The molecule has 0 aliphatic heterocycles. The highest BCUT2D eigenvalue weighted by molar-refractivity contribution is 9.10. The third-order valence-corrected chi connectivity index (χ3v) is 2.34. The zero-order valence-electron chi connectivity index (χ0n) is 6.56. The highest BCUT2D eigenvalue weighted by Crippen LogP contribution is 2.33. The number of rotatable bonds is 0. The van der Waals surface area contributed by atoms with Gasteiger partial charge in [-0.1, -0.05) is 5.21 Å². The van der Waals surface area contributed by atoms with E-state index in [4.69, 9.17) is 0 Å². The summed E-state index contributed by atoms with van der Waals surface area (Å²) in [6, 6.07) is 1.94. The number of fused-ring (bicyclic) bond motifs is 1. The molecule has 14 heavy (non-hydrogen) atoms. The van der Waals surface area contributed by atoms with Crippen LogP contribution in [0, 0.1) is 0 Å². The fourth-order valence-electron chi connectivity index (χ4n) is 1.07. The van der Waals surface area contributed by atoms with Gasteiger partial charge in [-0.05, 0) is 28.1 Å². The minimum Gasteiger partial charge on any atom is -0.256 e. The van der Waals surface area contributed by atoms with E-state index in [2.05, 4.69) is 31.3 Å². The molecule has 74 valence electrons. The molecule has 0 spiro atoms. The number of halogens is 4. The number of aromatic nitrogens is 3. The van der Waals surface area contributed by atoms with Gasteiger partial charge in [-0.2, -0.15) is 13.2 Å². The molecule has 0 radical (unpaired) electrons. The molecule has 0 fully saturated rings. The van der Waals surface area contributed by atoms with Gasteiger partial charge in [0.25, 0.3) is 0 Å². The van der Waals surface area contributed by atoms with Crippen molar-refractivity contribution in [3.05, 3.63) is 22.2 Å². The van der Waals surface area contributed by atoms with Crippen molar-refractivity contribution in [2.24, 2.45) is 0 Å². The smallest absolute Gasteiger partial charge is 0.256 e. The molecule has 0 unspecified atom stereocenters. The maximum atomic E-state index is 12.3. The van der Waals surface area contributed by atoms with Crippen molar-refractivity contribution in [1.82, 2.24) is 15.4 Å². The second-order valence-corrected chi connectivity index (χ2v) is 3.52. The summed E-state index contributed by atoms with van der Waals surface area (Å²) in [4.78, 5) is 0. The summed E-state index contributed by atoms with van der Waals surface area (Å²) < 4.78 is 37.3. The molecule has 1 aromatic heterocycles. The number of alkyl halides is 3. The van der Waals surface area contributed by atoms with Crippen LogP contribution < -0.4 is 0 Å². The molecule has 1 aromatic carbocycles. The lowest BCUT2D eigenvalue weighted by molar-refractivity contribution is -0.137. The van der Waals surface area contributed by atoms with E-state index in [0.717, 1.165) is 12.1 Å². The summed E-state index contributed by atoms with van der Waals surface area (Å²) in [6.45, 7) is 0.